The Kier molecular flexibility index (Phi) is 2.82. The highest BCUT2D eigenvalue weighted by molar-refractivity contribution is 6.66. The van der Waals surface area contributed by atoms with Crippen molar-refractivity contribution in [3.63, 3.8) is 0 Å². The fraction of sp³-hybridized carbons (Fsp3) is 0.818. The Morgan fingerprint density at radius 2 is 1.93 bits per heavy atom. The molecule has 0 aromatic rings. The zero-order chi connectivity index (χ0) is 10.2. The maximum atomic E-state index is 5.55. The van der Waals surface area contributed by atoms with Crippen LogP contribution in [0.5, 0.6) is 0 Å². The molecule has 2 rings (SSSR count). The molecule has 1 saturated carbocycles. The van der Waals surface area contributed by atoms with Gasteiger partial charge in [0.1, 0.15) is 0 Å². The third-order valence-electron chi connectivity index (χ3n) is 3.91. The molecule has 0 radical (unpaired) electrons. The van der Waals surface area contributed by atoms with Gasteiger partial charge in [0.15, 0.2) is 0 Å². The SMILES string of the molecule is CO[Si](C)(CC1CC2C=CC1C2)OC. The Labute approximate surface area is 87.5 Å². The van der Waals surface area contributed by atoms with Crippen molar-refractivity contribution in [3.8, 4) is 0 Å². The van der Waals surface area contributed by atoms with Crippen LogP contribution >= 0.6 is 0 Å². The van der Waals surface area contributed by atoms with Gasteiger partial charge >= 0.3 is 8.56 Å². The molecule has 0 N–H and O–H groups in total. The summed E-state index contributed by atoms with van der Waals surface area (Å²) in [4.78, 5) is 0. The molecule has 14 heavy (non-hydrogen) atoms. The minimum atomic E-state index is -1.83. The summed E-state index contributed by atoms with van der Waals surface area (Å²) in [7, 11) is 1.75. The van der Waals surface area contributed by atoms with E-state index in [-0.39, 0.29) is 0 Å². The van der Waals surface area contributed by atoms with Crippen molar-refractivity contribution in [2.75, 3.05) is 14.2 Å². The third kappa shape index (κ3) is 1.81. The number of allylic oxidation sites excluding steroid dienone is 2. The van der Waals surface area contributed by atoms with E-state index >= 15 is 0 Å². The molecule has 2 nitrogen and oxygen atoms in total. The largest absolute Gasteiger partial charge is 0.398 e. The van der Waals surface area contributed by atoms with Gasteiger partial charge in [0, 0.05) is 14.2 Å². The molecule has 0 aliphatic heterocycles. The highest BCUT2D eigenvalue weighted by Crippen LogP contribution is 2.46. The molecule has 0 aromatic carbocycles. The average molecular weight is 212 g/mol. The standard InChI is InChI=1S/C11H20O2Si/c1-12-14(3,13-2)8-11-7-9-4-5-10(11)6-9/h4-5,9-11H,6-8H2,1-3H3. The van der Waals surface area contributed by atoms with E-state index in [0.29, 0.717) is 0 Å². The fourth-order valence-electron chi connectivity index (χ4n) is 2.86. The minimum absolute atomic E-state index is 0.817. The second-order valence-electron chi connectivity index (χ2n) is 4.79. The van der Waals surface area contributed by atoms with E-state index in [1.165, 1.54) is 12.8 Å². The van der Waals surface area contributed by atoms with Gasteiger partial charge in [-0.3, -0.25) is 0 Å². The summed E-state index contributed by atoms with van der Waals surface area (Å²) < 4.78 is 11.1. The molecule has 1 fully saturated rings. The molecule has 80 valence electrons. The van der Waals surface area contributed by atoms with Gasteiger partial charge in [-0.2, -0.15) is 0 Å². The number of rotatable bonds is 4. The Balaban J connectivity index is 1.95. The summed E-state index contributed by atoms with van der Waals surface area (Å²) in [6, 6.07) is 1.16. The van der Waals surface area contributed by atoms with Crippen molar-refractivity contribution >= 4 is 8.56 Å². The number of hydrogen-bond donors (Lipinski definition) is 0. The van der Waals surface area contributed by atoms with Crippen molar-refractivity contribution < 1.29 is 8.85 Å². The van der Waals surface area contributed by atoms with Crippen molar-refractivity contribution in [2.24, 2.45) is 17.8 Å². The van der Waals surface area contributed by atoms with Gasteiger partial charge in [-0.05, 0) is 43.2 Å². The van der Waals surface area contributed by atoms with Crippen LogP contribution in [-0.4, -0.2) is 22.8 Å². The molecule has 0 amide bonds. The van der Waals surface area contributed by atoms with Gasteiger partial charge in [-0.1, -0.05) is 12.2 Å². The van der Waals surface area contributed by atoms with E-state index in [1.807, 2.05) is 0 Å². The molecular weight excluding hydrogens is 192 g/mol. The molecular formula is C11H20O2Si. The quantitative estimate of drug-likeness (QED) is 0.527. The molecule has 2 aliphatic carbocycles. The zero-order valence-electron chi connectivity index (χ0n) is 9.32. The van der Waals surface area contributed by atoms with Crippen molar-refractivity contribution in [2.45, 2.75) is 25.4 Å². The molecule has 0 aromatic heterocycles. The second kappa shape index (κ2) is 3.80. The lowest BCUT2D eigenvalue weighted by molar-refractivity contribution is 0.238. The Bertz CT molecular complexity index is 235. The van der Waals surface area contributed by atoms with Crippen molar-refractivity contribution in [1.82, 2.24) is 0 Å². The van der Waals surface area contributed by atoms with Crippen LogP contribution in [0, 0.1) is 17.8 Å². The molecule has 3 heteroatoms. The molecule has 2 bridgehead atoms. The monoisotopic (exact) mass is 212 g/mol. The smallest absolute Gasteiger partial charge is 0.334 e. The lowest BCUT2D eigenvalue weighted by atomic mass is 9.96. The van der Waals surface area contributed by atoms with Gasteiger partial charge in [-0.25, -0.2) is 0 Å². The first kappa shape index (κ1) is 10.4. The van der Waals surface area contributed by atoms with E-state index < -0.39 is 8.56 Å². The van der Waals surface area contributed by atoms with Gasteiger partial charge in [0.2, 0.25) is 0 Å². The van der Waals surface area contributed by atoms with E-state index in [2.05, 4.69) is 18.7 Å². The van der Waals surface area contributed by atoms with Crippen LogP contribution in [0.3, 0.4) is 0 Å². The summed E-state index contributed by atoms with van der Waals surface area (Å²) in [5, 5.41) is 0. The summed E-state index contributed by atoms with van der Waals surface area (Å²) in [6.45, 7) is 2.17. The zero-order valence-corrected chi connectivity index (χ0v) is 10.3. The maximum Gasteiger partial charge on any atom is 0.334 e. The molecule has 0 saturated heterocycles. The molecule has 2 aliphatic rings. The lowest BCUT2D eigenvalue weighted by Crippen LogP contribution is -2.38. The normalized spacial score (nSPS) is 35.5. The van der Waals surface area contributed by atoms with Crippen LogP contribution in [0.15, 0.2) is 12.2 Å². The van der Waals surface area contributed by atoms with E-state index in [1.54, 1.807) is 14.2 Å². The van der Waals surface area contributed by atoms with Crippen LogP contribution < -0.4 is 0 Å². The molecule has 3 atom stereocenters. The van der Waals surface area contributed by atoms with E-state index in [0.717, 1.165) is 23.8 Å². The van der Waals surface area contributed by atoms with Crippen LogP contribution in [-0.2, 0) is 8.85 Å². The summed E-state index contributed by atoms with van der Waals surface area (Å²) in [5.74, 6) is 2.50. The highest BCUT2D eigenvalue weighted by atomic mass is 28.4. The molecule has 0 spiro atoms. The first-order valence-corrected chi connectivity index (χ1v) is 7.98. The Morgan fingerprint density at radius 1 is 1.21 bits per heavy atom. The predicted octanol–water partition coefficient (Wildman–Crippen LogP) is 2.56. The molecule has 3 unspecified atom stereocenters. The van der Waals surface area contributed by atoms with Crippen molar-refractivity contribution in [1.29, 1.82) is 0 Å². The van der Waals surface area contributed by atoms with Crippen LogP contribution in [0.1, 0.15) is 12.8 Å². The second-order valence-corrected chi connectivity index (χ2v) is 8.28. The van der Waals surface area contributed by atoms with Crippen LogP contribution in [0.25, 0.3) is 0 Å². The van der Waals surface area contributed by atoms with E-state index in [4.69, 9.17) is 8.85 Å². The van der Waals surface area contributed by atoms with Crippen molar-refractivity contribution in [3.05, 3.63) is 12.2 Å². The Hall–Kier alpha value is -0.123. The van der Waals surface area contributed by atoms with Gasteiger partial charge in [-0.15, -0.1) is 0 Å². The summed E-state index contributed by atoms with van der Waals surface area (Å²) in [6.07, 6.45) is 7.53. The number of hydrogen-bond acceptors (Lipinski definition) is 2. The fourth-order valence-corrected chi connectivity index (χ4v) is 4.78. The average Bonchev–Trinajstić information content (AvgIpc) is 2.79. The Morgan fingerprint density at radius 3 is 2.36 bits per heavy atom. The predicted molar refractivity (Wildman–Crippen MR) is 59.3 cm³/mol. The summed E-state index contributed by atoms with van der Waals surface area (Å²) in [5.41, 5.74) is 0. The summed E-state index contributed by atoms with van der Waals surface area (Å²) >= 11 is 0. The third-order valence-corrected chi connectivity index (χ3v) is 6.91. The topological polar surface area (TPSA) is 18.5 Å². The van der Waals surface area contributed by atoms with Gasteiger partial charge in [0.25, 0.3) is 0 Å². The number of fused-ring (bicyclic) bond motifs is 2. The van der Waals surface area contributed by atoms with Gasteiger partial charge in [0.05, 0.1) is 0 Å². The van der Waals surface area contributed by atoms with Crippen LogP contribution in [0.4, 0.5) is 0 Å². The van der Waals surface area contributed by atoms with E-state index in [9.17, 15) is 0 Å². The molecule has 0 heterocycles. The minimum Gasteiger partial charge on any atom is -0.398 e. The highest BCUT2D eigenvalue weighted by Gasteiger charge is 2.41. The van der Waals surface area contributed by atoms with Gasteiger partial charge < -0.3 is 8.85 Å². The first-order chi connectivity index (χ1) is 6.67. The first-order valence-electron chi connectivity index (χ1n) is 5.45. The van der Waals surface area contributed by atoms with Crippen LogP contribution in [0.2, 0.25) is 12.6 Å². The lowest BCUT2D eigenvalue weighted by Gasteiger charge is -2.28. The maximum absolute atomic E-state index is 5.55.